The molecular weight excluding hydrogens is 391 g/mol. The second-order valence-corrected chi connectivity index (χ2v) is 9.53. The van der Waals surface area contributed by atoms with Crippen LogP contribution in [0.3, 0.4) is 0 Å². The minimum atomic E-state index is -0.165. The Morgan fingerprint density at radius 1 is 0.750 bits per heavy atom. The summed E-state index contributed by atoms with van der Waals surface area (Å²) in [7, 11) is 0. The van der Waals surface area contributed by atoms with E-state index in [1.165, 1.54) is 38.6 Å². The number of ether oxygens (including phenoxy) is 2. The smallest absolute Gasteiger partial charge is 0.251 e. The number of aryl methyl sites for hydroxylation is 2. The van der Waals surface area contributed by atoms with Crippen LogP contribution < -0.4 is 25.9 Å². The van der Waals surface area contributed by atoms with Gasteiger partial charge in [-0.05, 0) is 77.9 Å². The van der Waals surface area contributed by atoms with E-state index in [9.17, 15) is 0 Å². The van der Waals surface area contributed by atoms with E-state index in [-0.39, 0.29) is 12.1 Å². The van der Waals surface area contributed by atoms with E-state index in [0.29, 0.717) is 0 Å². The third-order valence-corrected chi connectivity index (χ3v) is 7.01. The molecule has 2 nitrogen and oxygen atoms in total. The Balaban J connectivity index is 1.60. The highest BCUT2D eigenvalue weighted by Crippen LogP contribution is 2.41. The van der Waals surface area contributed by atoms with Crippen LogP contribution in [0.25, 0.3) is 0 Å². The van der Waals surface area contributed by atoms with Gasteiger partial charge in [-0.3, -0.25) is 0 Å². The number of para-hydroxylation sites is 1. The van der Waals surface area contributed by atoms with Gasteiger partial charge in [-0.2, -0.15) is 0 Å². The average Bonchev–Trinajstić information content (AvgIpc) is 2.78. The number of benzene rings is 4. The Labute approximate surface area is 189 Å². The number of hydrogen-bond donors (Lipinski definition) is 0. The number of fused-ring (bicyclic) bond motifs is 4. The van der Waals surface area contributed by atoms with Crippen molar-refractivity contribution in [2.24, 2.45) is 0 Å². The van der Waals surface area contributed by atoms with Gasteiger partial charge in [0, 0.05) is 5.41 Å². The molecule has 0 saturated heterocycles. The van der Waals surface area contributed by atoms with Gasteiger partial charge >= 0.3 is 0 Å². The minimum absolute atomic E-state index is 0.164. The molecule has 2 aliphatic rings. The highest BCUT2D eigenvalue weighted by atomic mass is 16.5. The van der Waals surface area contributed by atoms with E-state index in [2.05, 4.69) is 76.2 Å². The van der Waals surface area contributed by atoms with Crippen molar-refractivity contribution in [2.75, 3.05) is 0 Å². The maximum atomic E-state index is 6.42. The molecule has 32 heavy (non-hydrogen) atoms. The topological polar surface area (TPSA) is 18.5 Å². The highest BCUT2D eigenvalue weighted by molar-refractivity contribution is 6.98. The van der Waals surface area contributed by atoms with E-state index in [4.69, 9.17) is 9.47 Å². The standard InChI is InChI=1S/C29H25BO2/c1-18-10-14-25-24(16-18)30-23-13-12-21(31-20-8-6-5-7-9-20)17-22(23)29(3,4)27-19(2)11-15-26(32-25)28(27)30/h5-17H,1-4H3. The summed E-state index contributed by atoms with van der Waals surface area (Å²) < 4.78 is 12.6. The normalized spacial score (nSPS) is 14.7. The van der Waals surface area contributed by atoms with Crippen molar-refractivity contribution in [3.05, 3.63) is 101 Å². The molecule has 2 aliphatic heterocycles. The lowest BCUT2D eigenvalue weighted by Gasteiger charge is -2.42. The van der Waals surface area contributed by atoms with Crippen molar-refractivity contribution in [1.82, 2.24) is 0 Å². The van der Waals surface area contributed by atoms with Crippen molar-refractivity contribution in [1.29, 1.82) is 0 Å². The molecule has 0 bridgehead atoms. The first-order valence-electron chi connectivity index (χ1n) is 11.2. The zero-order valence-corrected chi connectivity index (χ0v) is 18.9. The van der Waals surface area contributed by atoms with Crippen LogP contribution in [0.15, 0.2) is 78.9 Å². The van der Waals surface area contributed by atoms with Gasteiger partial charge in [0.2, 0.25) is 0 Å². The van der Waals surface area contributed by atoms with E-state index >= 15 is 0 Å². The van der Waals surface area contributed by atoms with E-state index in [1.807, 2.05) is 30.3 Å². The van der Waals surface area contributed by atoms with Gasteiger partial charge in [-0.25, -0.2) is 0 Å². The molecular formula is C29H25BO2. The molecule has 0 spiro atoms. The summed E-state index contributed by atoms with van der Waals surface area (Å²) in [4.78, 5) is 0. The second kappa shape index (κ2) is 6.77. The highest BCUT2D eigenvalue weighted by Gasteiger charge is 2.45. The number of rotatable bonds is 2. The van der Waals surface area contributed by atoms with Gasteiger partial charge < -0.3 is 9.47 Å². The third kappa shape index (κ3) is 2.74. The molecule has 0 aromatic heterocycles. The van der Waals surface area contributed by atoms with Crippen LogP contribution in [0.5, 0.6) is 23.0 Å². The fraction of sp³-hybridized carbons (Fsp3) is 0.172. The van der Waals surface area contributed by atoms with Gasteiger partial charge in [0.1, 0.15) is 23.0 Å². The first-order valence-corrected chi connectivity index (χ1v) is 11.2. The van der Waals surface area contributed by atoms with Gasteiger partial charge in [0.15, 0.2) is 0 Å². The fourth-order valence-corrected chi connectivity index (χ4v) is 5.65. The minimum Gasteiger partial charge on any atom is -0.458 e. The number of hydrogen-bond acceptors (Lipinski definition) is 2. The lowest BCUT2D eigenvalue weighted by atomic mass is 9.30. The molecule has 4 aromatic rings. The van der Waals surface area contributed by atoms with E-state index in [0.717, 1.165) is 23.0 Å². The van der Waals surface area contributed by atoms with E-state index < -0.39 is 0 Å². The van der Waals surface area contributed by atoms with E-state index in [1.54, 1.807) is 0 Å². The van der Waals surface area contributed by atoms with Crippen molar-refractivity contribution in [3.8, 4) is 23.0 Å². The predicted molar refractivity (Wildman–Crippen MR) is 132 cm³/mol. The summed E-state index contributed by atoms with van der Waals surface area (Å²) in [5.74, 6) is 3.66. The van der Waals surface area contributed by atoms with Crippen molar-refractivity contribution in [2.45, 2.75) is 33.1 Å². The summed E-state index contributed by atoms with van der Waals surface area (Å²) in [6.07, 6.45) is 0. The first kappa shape index (κ1) is 19.2. The average molecular weight is 416 g/mol. The second-order valence-electron chi connectivity index (χ2n) is 9.53. The molecule has 0 unspecified atom stereocenters. The van der Waals surface area contributed by atoms with Gasteiger partial charge in [-0.1, -0.05) is 67.3 Å². The molecule has 0 amide bonds. The van der Waals surface area contributed by atoms with Crippen molar-refractivity contribution < 1.29 is 9.47 Å². The quantitative estimate of drug-likeness (QED) is 0.361. The lowest BCUT2D eigenvalue weighted by molar-refractivity contribution is 0.478. The Bertz CT molecular complexity index is 1370. The van der Waals surface area contributed by atoms with Crippen LogP contribution in [-0.2, 0) is 5.41 Å². The van der Waals surface area contributed by atoms with Crippen LogP contribution in [0.2, 0.25) is 0 Å². The summed E-state index contributed by atoms with van der Waals surface area (Å²) in [6, 6.07) is 27.4. The maximum absolute atomic E-state index is 6.42. The van der Waals surface area contributed by atoms with Gasteiger partial charge in [-0.15, -0.1) is 0 Å². The molecule has 4 aromatic carbocycles. The Morgan fingerprint density at radius 3 is 2.34 bits per heavy atom. The Hall–Kier alpha value is -3.46. The summed E-state index contributed by atoms with van der Waals surface area (Å²) in [5.41, 5.74) is 8.98. The zero-order valence-electron chi connectivity index (χ0n) is 18.9. The van der Waals surface area contributed by atoms with Crippen LogP contribution in [0.1, 0.15) is 36.1 Å². The zero-order chi connectivity index (χ0) is 22.0. The Morgan fingerprint density at radius 2 is 1.53 bits per heavy atom. The van der Waals surface area contributed by atoms with Crippen molar-refractivity contribution >= 4 is 23.1 Å². The molecule has 0 aliphatic carbocycles. The molecule has 0 atom stereocenters. The molecule has 6 rings (SSSR count). The van der Waals surface area contributed by atoms with Gasteiger partial charge in [0.05, 0.1) is 0 Å². The van der Waals surface area contributed by atoms with Crippen LogP contribution in [0.4, 0.5) is 0 Å². The first-order chi connectivity index (χ1) is 15.4. The summed E-state index contributed by atoms with van der Waals surface area (Å²) >= 11 is 0. The Kier molecular flexibility index (Phi) is 4.07. The van der Waals surface area contributed by atoms with Crippen molar-refractivity contribution in [3.63, 3.8) is 0 Å². The molecule has 2 heterocycles. The monoisotopic (exact) mass is 416 g/mol. The van der Waals surface area contributed by atoms with Crippen LogP contribution in [0, 0.1) is 13.8 Å². The lowest BCUT2D eigenvalue weighted by Crippen LogP contribution is -2.62. The predicted octanol–water partition coefficient (Wildman–Crippen LogP) is 5.36. The molecule has 0 N–H and O–H groups in total. The molecule has 0 fully saturated rings. The largest absolute Gasteiger partial charge is 0.458 e. The SMILES string of the molecule is Cc1ccc2c(c1)B1c3ccc(Oc4ccccc4)cc3C(C)(C)c3c(C)ccc(c31)O2. The van der Waals surface area contributed by atoms with Crippen LogP contribution in [-0.4, -0.2) is 6.71 Å². The van der Waals surface area contributed by atoms with Crippen LogP contribution >= 0.6 is 0 Å². The molecule has 3 heteroatoms. The summed E-state index contributed by atoms with van der Waals surface area (Å²) in [6.45, 7) is 9.18. The maximum Gasteiger partial charge on any atom is 0.251 e. The third-order valence-electron chi connectivity index (χ3n) is 7.01. The molecule has 0 radical (unpaired) electrons. The summed E-state index contributed by atoms with van der Waals surface area (Å²) in [5, 5.41) is 0. The molecule has 0 saturated carbocycles. The van der Waals surface area contributed by atoms with Gasteiger partial charge in [0.25, 0.3) is 6.71 Å². The molecule has 156 valence electrons. The fourth-order valence-electron chi connectivity index (χ4n) is 5.65.